The minimum atomic E-state index is 0.961. The molecule has 0 amide bonds. The van der Waals surface area contributed by atoms with Crippen molar-refractivity contribution in [2.45, 2.75) is 55.4 Å². The van der Waals surface area contributed by atoms with Gasteiger partial charge in [-0.3, -0.25) is 0 Å². The zero-order chi connectivity index (χ0) is 15.7. The molecule has 0 aromatic heterocycles. The molecule has 0 radical (unpaired) electrons. The third-order valence-electron chi connectivity index (χ3n) is 1.12. The molecule has 0 aliphatic heterocycles. The Bertz CT molecular complexity index is 258. The van der Waals surface area contributed by atoms with Gasteiger partial charge in [-0.1, -0.05) is 76.3 Å². The smallest absolute Gasteiger partial charge is 0.0305 e. The van der Waals surface area contributed by atoms with Crippen LogP contribution in [-0.2, 0) is 0 Å². The molecule has 0 nitrogen and oxygen atoms in total. The number of allylic oxidation sites excluding steroid dienone is 6. The summed E-state index contributed by atoms with van der Waals surface area (Å²) >= 11 is 0. The van der Waals surface area contributed by atoms with E-state index in [0.29, 0.717) is 0 Å². The molecule has 0 bridgehead atoms. The highest BCUT2D eigenvalue weighted by Crippen LogP contribution is 2.05. The topological polar surface area (TPSA) is 0 Å². The maximum atomic E-state index is 3.80. The maximum Gasteiger partial charge on any atom is -0.0305 e. The average Bonchev–Trinajstić information content (AvgIpc) is 2.30. The van der Waals surface area contributed by atoms with Crippen LogP contribution in [0.5, 0.6) is 0 Å². The molecule has 0 unspecified atom stereocenters. The quantitative estimate of drug-likeness (QED) is 0.378. The van der Waals surface area contributed by atoms with Crippen molar-refractivity contribution >= 4 is 0 Å². The van der Waals surface area contributed by atoms with Crippen LogP contribution in [-0.4, -0.2) is 0 Å². The lowest BCUT2D eigenvalue weighted by Crippen LogP contribution is -1.74. The molecule has 18 heavy (non-hydrogen) atoms. The molecule has 0 N–H and O–H groups in total. The van der Waals surface area contributed by atoms with Crippen LogP contribution in [0.4, 0.5) is 0 Å². The van der Waals surface area contributed by atoms with Crippen molar-refractivity contribution in [1.29, 1.82) is 0 Å². The molecule has 106 valence electrons. The average molecular weight is 250 g/mol. The first-order chi connectivity index (χ1) is 8.27. The standard InChI is InChI=1S/C10H14.C4H8.2C2H6/c1-8(2)6-7-10(5)9(3)4;1-4(2)3;2*1-2/h6-7H,1,3,5H2,2,4H3;1H2,2-3H3;2*1-2H3/b7-6-;;;. The van der Waals surface area contributed by atoms with Crippen molar-refractivity contribution in [1.82, 2.24) is 0 Å². The zero-order valence-corrected chi connectivity index (χ0v) is 14.0. The van der Waals surface area contributed by atoms with Gasteiger partial charge in [0.05, 0.1) is 0 Å². The van der Waals surface area contributed by atoms with Crippen LogP contribution in [0.15, 0.2) is 60.8 Å². The van der Waals surface area contributed by atoms with Crippen molar-refractivity contribution < 1.29 is 0 Å². The SMILES string of the molecule is C=C(C)/C=C\C(=C)C(=C)C.C=C(C)C.CC.CC. The van der Waals surface area contributed by atoms with E-state index in [-0.39, 0.29) is 0 Å². The van der Waals surface area contributed by atoms with E-state index in [1.54, 1.807) is 0 Å². The van der Waals surface area contributed by atoms with Crippen molar-refractivity contribution in [3.63, 3.8) is 0 Å². The highest BCUT2D eigenvalue weighted by Gasteiger charge is 1.85. The van der Waals surface area contributed by atoms with E-state index in [1.165, 1.54) is 5.57 Å². The van der Waals surface area contributed by atoms with Crippen LogP contribution < -0.4 is 0 Å². The summed E-state index contributed by atoms with van der Waals surface area (Å²) in [7, 11) is 0. The Kier molecular flexibility index (Phi) is 29.8. The van der Waals surface area contributed by atoms with Crippen molar-refractivity contribution in [2.24, 2.45) is 0 Å². The Labute approximate surface area is 117 Å². The Morgan fingerprint density at radius 3 is 1.11 bits per heavy atom. The Balaban J connectivity index is -0.000000102. The fraction of sp³-hybridized carbons (Fsp3) is 0.444. The summed E-state index contributed by atoms with van der Waals surface area (Å²) in [6, 6.07) is 0. The molecule has 0 saturated heterocycles. The summed E-state index contributed by atoms with van der Waals surface area (Å²) in [6.45, 7) is 30.7. The molecule has 0 fully saturated rings. The molecule has 0 aliphatic rings. The maximum absolute atomic E-state index is 3.80. The lowest BCUT2D eigenvalue weighted by atomic mass is 10.1. The second kappa shape index (κ2) is 21.0. The second-order valence-corrected chi connectivity index (χ2v) is 3.69. The third kappa shape index (κ3) is 46.5. The first-order valence-electron chi connectivity index (χ1n) is 6.57. The van der Waals surface area contributed by atoms with Crippen LogP contribution in [0.3, 0.4) is 0 Å². The molecule has 0 aromatic rings. The highest BCUT2D eigenvalue weighted by molar-refractivity contribution is 5.36. The fourth-order valence-corrected chi connectivity index (χ4v) is 0.385. The van der Waals surface area contributed by atoms with E-state index in [2.05, 4.69) is 26.3 Å². The predicted molar refractivity (Wildman–Crippen MR) is 91.1 cm³/mol. The largest absolute Gasteiger partial charge is 0.100 e. The summed E-state index contributed by atoms with van der Waals surface area (Å²) in [5.74, 6) is 0. The summed E-state index contributed by atoms with van der Waals surface area (Å²) in [6.07, 6.45) is 3.85. The first-order valence-corrected chi connectivity index (χ1v) is 6.57. The monoisotopic (exact) mass is 250 g/mol. The Morgan fingerprint density at radius 2 is 0.944 bits per heavy atom. The Hall–Kier alpha value is -1.30. The van der Waals surface area contributed by atoms with Gasteiger partial charge in [-0.2, -0.15) is 0 Å². The molecule has 0 heteroatoms. The zero-order valence-electron chi connectivity index (χ0n) is 14.0. The predicted octanol–water partition coefficient (Wildman–Crippen LogP) is 6.89. The van der Waals surface area contributed by atoms with Crippen LogP contribution in [0, 0.1) is 0 Å². The van der Waals surface area contributed by atoms with Gasteiger partial charge in [0.1, 0.15) is 0 Å². The third-order valence-corrected chi connectivity index (χ3v) is 1.12. The van der Waals surface area contributed by atoms with E-state index in [9.17, 15) is 0 Å². The normalized spacial score (nSPS) is 7.56. The molecule has 0 atom stereocenters. The molecule has 0 aromatic carbocycles. The van der Waals surface area contributed by atoms with Gasteiger partial charge in [-0.05, 0) is 33.3 Å². The molecule has 0 saturated carbocycles. The van der Waals surface area contributed by atoms with Gasteiger partial charge in [-0.25, -0.2) is 0 Å². The lowest BCUT2D eigenvalue weighted by molar-refractivity contribution is 1.42. The summed E-state index contributed by atoms with van der Waals surface area (Å²) in [5, 5.41) is 0. The molecule has 0 rings (SSSR count). The number of hydrogen-bond donors (Lipinski definition) is 0. The van der Waals surface area contributed by atoms with Gasteiger partial charge in [0.2, 0.25) is 0 Å². The molecular formula is C18H34. The van der Waals surface area contributed by atoms with Crippen molar-refractivity contribution in [3.8, 4) is 0 Å². The van der Waals surface area contributed by atoms with Gasteiger partial charge in [0, 0.05) is 0 Å². The van der Waals surface area contributed by atoms with Crippen LogP contribution in [0.25, 0.3) is 0 Å². The minimum absolute atomic E-state index is 0.961. The second-order valence-electron chi connectivity index (χ2n) is 3.69. The first kappa shape index (κ1) is 25.5. The van der Waals surface area contributed by atoms with Crippen LogP contribution in [0.2, 0.25) is 0 Å². The van der Waals surface area contributed by atoms with E-state index in [1.807, 2.05) is 67.5 Å². The van der Waals surface area contributed by atoms with Gasteiger partial charge >= 0.3 is 0 Å². The molecule has 0 aliphatic carbocycles. The Morgan fingerprint density at radius 1 is 0.667 bits per heavy atom. The molecule has 0 heterocycles. The highest BCUT2D eigenvalue weighted by atomic mass is 13.9. The number of rotatable bonds is 3. The fourth-order valence-electron chi connectivity index (χ4n) is 0.385. The van der Waals surface area contributed by atoms with Gasteiger partial charge in [0.25, 0.3) is 0 Å². The summed E-state index contributed by atoms with van der Waals surface area (Å²) in [5.41, 5.74) is 4.16. The van der Waals surface area contributed by atoms with Crippen molar-refractivity contribution in [2.75, 3.05) is 0 Å². The summed E-state index contributed by atoms with van der Waals surface area (Å²) < 4.78 is 0. The molecule has 0 spiro atoms. The molecular weight excluding hydrogens is 216 g/mol. The van der Waals surface area contributed by atoms with Crippen LogP contribution in [0.1, 0.15) is 55.4 Å². The van der Waals surface area contributed by atoms with Crippen LogP contribution >= 0.6 is 0 Å². The number of hydrogen-bond acceptors (Lipinski definition) is 0. The van der Waals surface area contributed by atoms with E-state index >= 15 is 0 Å². The van der Waals surface area contributed by atoms with Gasteiger partial charge in [-0.15, -0.1) is 6.58 Å². The van der Waals surface area contributed by atoms with E-state index < -0.39 is 0 Å². The van der Waals surface area contributed by atoms with Crippen molar-refractivity contribution in [3.05, 3.63) is 60.8 Å². The van der Waals surface area contributed by atoms with Gasteiger partial charge in [0.15, 0.2) is 0 Å². The summed E-state index contributed by atoms with van der Waals surface area (Å²) in [4.78, 5) is 0. The lowest BCUT2D eigenvalue weighted by Gasteiger charge is -1.94. The van der Waals surface area contributed by atoms with Gasteiger partial charge < -0.3 is 0 Å². The van der Waals surface area contributed by atoms with E-state index in [4.69, 9.17) is 0 Å². The van der Waals surface area contributed by atoms with E-state index in [0.717, 1.165) is 16.7 Å². The minimum Gasteiger partial charge on any atom is -0.100 e.